The molecule has 0 heterocycles. The Labute approximate surface area is 224 Å². The highest BCUT2D eigenvalue weighted by atomic mass is 35.5. The Morgan fingerprint density at radius 3 is 2.46 bits per heavy atom. The predicted octanol–water partition coefficient (Wildman–Crippen LogP) is 4.33. The molecule has 3 fully saturated rings. The number of aliphatic hydroxyl groups is 1. The van der Waals surface area contributed by atoms with Crippen molar-refractivity contribution in [1.29, 1.82) is 0 Å². The molecule has 0 saturated heterocycles. The van der Waals surface area contributed by atoms with Crippen molar-refractivity contribution in [1.82, 2.24) is 0 Å². The van der Waals surface area contributed by atoms with Gasteiger partial charge in [-0.1, -0.05) is 46.3 Å². The summed E-state index contributed by atoms with van der Waals surface area (Å²) in [5.74, 6) is -2.31. The average molecular weight is 535 g/mol. The van der Waals surface area contributed by atoms with Gasteiger partial charge in [0.1, 0.15) is 0 Å². The molecule has 0 bridgehead atoms. The molecule has 7 nitrogen and oxygen atoms in total. The summed E-state index contributed by atoms with van der Waals surface area (Å²) in [5, 5.41) is 11.9. The molecule has 0 aliphatic heterocycles. The zero-order valence-electron chi connectivity index (χ0n) is 22.6. The van der Waals surface area contributed by atoms with E-state index in [0.29, 0.717) is 19.3 Å². The molecular formula is C29H39ClO7. The summed E-state index contributed by atoms with van der Waals surface area (Å²) in [6, 6.07) is 0. The van der Waals surface area contributed by atoms with Gasteiger partial charge in [-0.15, -0.1) is 11.6 Å². The van der Waals surface area contributed by atoms with Gasteiger partial charge < -0.3 is 14.6 Å². The third-order valence-electron chi connectivity index (χ3n) is 10.1. The third kappa shape index (κ3) is 3.78. The lowest BCUT2D eigenvalue weighted by atomic mass is 9.44. The van der Waals surface area contributed by atoms with Crippen LogP contribution in [0, 0.1) is 34.5 Å². The average Bonchev–Trinajstić information content (AvgIpc) is 3.03. The minimum absolute atomic E-state index is 0.0371. The summed E-state index contributed by atoms with van der Waals surface area (Å²) in [5.41, 5.74) is -2.31. The second-order valence-electron chi connectivity index (χ2n) is 12.1. The Balaban J connectivity index is 1.84. The molecule has 0 aromatic heterocycles. The maximum Gasteiger partial charge on any atom is 0.306 e. The molecule has 3 saturated carbocycles. The summed E-state index contributed by atoms with van der Waals surface area (Å²) in [4.78, 5) is 49.6. The highest BCUT2D eigenvalue weighted by Gasteiger charge is 2.76. The van der Waals surface area contributed by atoms with Gasteiger partial charge in [-0.05, 0) is 55.6 Å². The number of allylic oxidation sites excluding steroid dienone is 4. The molecule has 1 N–H and O–H groups in total. The van der Waals surface area contributed by atoms with Crippen LogP contribution in [0.5, 0.6) is 0 Å². The van der Waals surface area contributed by atoms with E-state index in [4.69, 9.17) is 21.1 Å². The van der Waals surface area contributed by atoms with E-state index in [2.05, 4.69) is 6.92 Å². The Morgan fingerprint density at radius 2 is 1.84 bits per heavy atom. The van der Waals surface area contributed by atoms with E-state index in [9.17, 15) is 24.3 Å². The number of hydrogen-bond donors (Lipinski definition) is 1. The summed E-state index contributed by atoms with van der Waals surface area (Å²) >= 11 is 7.55. The molecule has 8 heteroatoms. The second-order valence-corrected chi connectivity index (χ2v) is 12.7. The lowest BCUT2D eigenvalue weighted by Crippen LogP contribution is -2.70. The maximum absolute atomic E-state index is 13.9. The fraction of sp³-hybridized carbons (Fsp3) is 0.724. The number of ether oxygens (including phenoxy) is 2. The van der Waals surface area contributed by atoms with Crippen LogP contribution < -0.4 is 0 Å². The number of rotatable bonds is 6. The van der Waals surface area contributed by atoms with Crippen molar-refractivity contribution in [3.8, 4) is 0 Å². The smallest absolute Gasteiger partial charge is 0.306 e. The van der Waals surface area contributed by atoms with Crippen molar-refractivity contribution in [3.05, 3.63) is 23.8 Å². The second kappa shape index (κ2) is 9.33. The molecular weight excluding hydrogens is 496 g/mol. The molecule has 0 aromatic carbocycles. The molecule has 0 unspecified atom stereocenters. The summed E-state index contributed by atoms with van der Waals surface area (Å²) in [7, 11) is 0. The summed E-state index contributed by atoms with van der Waals surface area (Å²) < 4.78 is 11.3. The number of aliphatic hydroxyl groups excluding tert-OH is 1. The first-order chi connectivity index (χ1) is 17.2. The number of hydrogen-bond acceptors (Lipinski definition) is 7. The van der Waals surface area contributed by atoms with Crippen LogP contribution in [0.4, 0.5) is 0 Å². The summed E-state index contributed by atoms with van der Waals surface area (Å²) in [6.45, 7) is 10.5. The lowest BCUT2D eigenvalue weighted by Gasteiger charge is -2.65. The monoisotopic (exact) mass is 534 g/mol. The zero-order valence-corrected chi connectivity index (χ0v) is 23.4. The van der Waals surface area contributed by atoms with E-state index in [-0.39, 0.29) is 42.3 Å². The number of carbonyl (C=O) groups excluding carboxylic acids is 4. The molecule has 4 aliphatic carbocycles. The van der Waals surface area contributed by atoms with E-state index < -0.39 is 51.7 Å². The van der Waals surface area contributed by atoms with Crippen LogP contribution >= 0.6 is 11.6 Å². The number of fused-ring (bicyclic) bond motifs is 5. The van der Waals surface area contributed by atoms with Crippen LogP contribution in [0.1, 0.15) is 73.6 Å². The molecule has 0 spiro atoms. The SMILES string of the molecule is CCCC(=O)O[C@]1(C(=O)COC(C)=O)[C@@H](C)C[C@H]2[C@@H]3C[C@H](C)C4=CC(=O)C=C[C@]4(C)[C@@]3(Cl)[C@@H](O)C[C@@]21C. The van der Waals surface area contributed by atoms with E-state index in [1.54, 1.807) is 6.08 Å². The number of halogens is 1. The van der Waals surface area contributed by atoms with E-state index in [1.807, 2.05) is 33.8 Å². The lowest BCUT2D eigenvalue weighted by molar-refractivity contribution is -0.204. The highest BCUT2D eigenvalue weighted by Crippen LogP contribution is 2.72. The minimum Gasteiger partial charge on any atom is -0.458 e. The van der Waals surface area contributed by atoms with Gasteiger partial charge in [0.2, 0.25) is 5.78 Å². The fourth-order valence-corrected chi connectivity index (χ4v) is 8.99. The highest BCUT2D eigenvalue weighted by molar-refractivity contribution is 6.26. The molecule has 4 rings (SSSR count). The molecule has 0 radical (unpaired) electrons. The number of carbonyl (C=O) groups is 4. The van der Waals surface area contributed by atoms with Crippen LogP contribution in [-0.4, -0.2) is 51.8 Å². The molecule has 0 aromatic rings. The van der Waals surface area contributed by atoms with Gasteiger partial charge in [-0.25, -0.2) is 0 Å². The quantitative estimate of drug-likeness (QED) is 0.399. The molecule has 204 valence electrons. The van der Waals surface area contributed by atoms with Crippen LogP contribution in [0.2, 0.25) is 0 Å². The van der Waals surface area contributed by atoms with Gasteiger partial charge in [-0.2, -0.15) is 0 Å². The zero-order chi connectivity index (χ0) is 27.6. The molecule has 4 aliphatic rings. The van der Waals surface area contributed by atoms with Crippen molar-refractivity contribution in [2.24, 2.45) is 34.5 Å². The Hall–Kier alpha value is -1.99. The Kier molecular flexibility index (Phi) is 7.07. The Bertz CT molecular complexity index is 1080. The number of ketones is 2. The maximum atomic E-state index is 13.9. The minimum atomic E-state index is -1.56. The van der Waals surface area contributed by atoms with E-state index in [1.165, 1.54) is 13.0 Å². The number of esters is 2. The van der Waals surface area contributed by atoms with E-state index in [0.717, 1.165) is 5.57 Å². The Morgan fingerprint density at radius 1 is 1.16 bits per heavy atom. The van der Waals surface area contributed by atoms with E-state index >= 15 is 0 Å². The first kappa shape index (κ1) is 28.0. The van der Waals surface area contributed by atoms with Gasteiger partial charge in [0.05, 0.1) is 11.0 Å². The first-order valence-electron chi connectivity index (χ1n) is 13.4. The summed E-state index contributed by atoms with van der Waals surface area (Å²) in [6.07, 6.45) is 6.03. The molecule has 9 atom stereocenters. The normalized spacial score (nSPS) is 44.3. The predicted molar refractivity (Wildman–Crippen MR) is 138 cm³/mol. The van der Waals surface area contributed by atoms with Gasteiger partial charge in [0.15, 0.2) is 18.0 Å². The van der Waals surface area contributed by atoms with Crippen LogP contribution in [0.3, 0.4) is 0 Å². The largest absolute Gasteiger partial charge is 0.458 e. The first-order valence-corrected chi connectivity index (χ1v) is 13.8. The van der Waals surface area contributed by atoms with Gasteiger partial charge in [0, 0.05) is 30.1 Å². The van der Waals surface area contributed by atoms with Crippen molar-refractivity contribution in [3.63, 3.8) is 0 Å². The number of alkyl halides is 1. The van der Waals surface area contributed by atoms with Gasteiger partial charge >= 0.3 is 11.9 Å². The van der Waals surface area contributed by atoms with Crippen LogP contribution in [0.25, 0.3) is 0 Å². The van der Waals surface area contributed by atoms with Crippen molar-refractivity contribution < 1.29 is 33.8 Å². The van der Waals surface area contributed by atoms with Crippen molar-refractivity contribution >= 4 is 35.1 Å². The molecule has 0 amide bonds. The fourth-order valence-electron chi connectivity index (χ4n) is 8.50. The van der Waals surface area contributed by atoms with Crippen LogP contribution in [0.15, 0.2) is 23.8 Å². The standard InChI is InChI=1S/C29H39ClO7/c1-7-8-25(35)37-29(24(34)15-36-18(4)31)17(3)12-21-22-11-16(2)20-13-19(32)9-10-26(20,5)28(22,30)23(33)14-27(21,29)6/h9-10,13,16-17,21-23,33H,7-8,11-12,14-15H2,1-6H3/t16-,17-,21-,22-,23-,26-,27-,28-,29-/m0/s1. The van der Waals surface area contributed by atoms with Crippen molar-refractivity contribution in [2.45, 2.75) is 90.2 Å². The van der Waals surface area contributed by atoms with Gasteiger partial charge in [0.25, 0.3) is 0 Å². The third-order valence-corrected chi connectivity index (χ3v) is 11.0. The molecule has 37 heavy (non-hydrogen) atoms. The van der Waals surface area contributed by atoms with Gasteiger partial charge in [-0.3, -0.25) is 19.2 Å². The van der Waals surface area contributed by atoms with Crippen molar-refractivity contribution in [2.75, 3.05) is 6.61 Å². The number of Topliss-reactive ketones (excluding diaryl/α,β-unsaturated/α-hetero) is 1. The van der Waals surface area contributed by atoms with Crippen LogP contribution in [-0.2, 0) is 28.7 Å². The topological polar surface area (TPSA) is 107 Å².